The molecule has 1 saturated heterocycles. The van der Waals surface area contributed by atoms with Crippen LogP contribution < -0.4 is 0 Å². The predicted octanol–water partition coefficient (Wildman–Crippen LogP) is 7.19. The van der Waals surface area contributed by atoms with Crippen molar-refractivity contribution in [1.29, 1.82) is 0 Å². The zero-order chi connectivity index (χ0) is 16.7. The van der Waals surface area contributed by atoms with Gasteiger partial charge >= 0.3 is 0 Å². The van der Waals surface area contributed by atoms with Gasteiger partial charge in [0.2, 0.25) is 0 Å². The van der Waals surface area contributed by atoms with Gasteiger partial charge in [0, 0.05) is 21.5 Å². The van der Waals surface area contributed by atoms with Crippen molar-refractivity contribution in [2.75, 3.05) is 23.0 Å². The fourth-order valence-electron chi connectivity index (χ4n) is 1.89. The van der Waals surface area contributed by atoms with E-state index in [4.69, 9.17) is 0 Å². The molecular formula is C15H32S7. The summed E-state index contributed by atoms with van der Waals surface area (Å²) in [6.45, 7) is 2.26. The molecule has 134 valence electrons. The first kappa shape index (κ1) is 24.5. The Balaban J connectivity index is 0.000000406. The molecule has 0 atom stereocenters. The molecule has 0 N–H and O–H groups in total. The molecule has 0 bridgehead atoms. The highest BCUT2D eigenvalue weighted by Gasteiger charge is 2.30. The van der Waals surface area contributed by atoms with Crippen LogP contribution in [0, 0.1) is 5.41 Å². The molecule has 0 unspecified atom stereocenters. The molecule has 1 heterocycles. The largest absolute Gasteiger partial charge is 0.179 e. The van der Waals surface area contributed by atoms with Crippen molar-refractivity contribution in [2.45, 2.75) is 62.9 Å². The van der Waals surface area contributed by atoms with E-state index in [0.29, 0.717) is 10.00 Å². The van der Waals surface area contributed by atoms with Gasteiger partial charge < -0.3 is 0 Å². The quantitative estimate of drug-likeness (QED) is 0.124. The Bertz CT molecular complexity index is 224. The first-order valence-electron chi connectivity index (χ1n) is 8.09. The van der Waals surface area contributed by atoms with Crippen LogP contribution in [0.5, 0.6) is 0 Å². The molecule has 1 fully saturated rings. The average molecular weight is 437 g/mol. The molecule has 1 rings (SSSR count). The normalized spacial score (nSPS) is 17.2. The lowest BCUT2D eigenvalue weighted by Gasteiger charge is -2.32. The molecule has 0 aromatic rings. The van der Waals surface area contributed by atoms with Crippen LogP contribution in [-0.4, -0.2) is 27.6 Å². The fraction of sp³-hybridized carbons (Fsp3) is 1.00. The Morgan fingerprint density at radius 2 is 1.36 bits per heavy atom. The Hall–Kier alpha value is 2.45. The summed E-state index contributed by atoms with van der Waals surface area (Å²) in [5.41, 5.74) is 0.396. The van der Waals surface area contributed by atoms with Gasteiger partial charge in [-0.25, -0.2) is 0 Å². The van der Waals surface area contributed by atoms with Crippen molar-refractivity contribution in [3.8, 4) is 0 Å². The van der Waals surface area contributed by atoms with Gasteiger partial charge in [-0.2, -0.15) is 50.5 Å². The highest BCUT2D eigenvalue weighted by Crippen LogP contribution is 2.48. The SMILES string of the molecule is CCCCCCCCCC(S)S.SCC1(CS)CSSSC1. The van der Waals surface area contributed by atoms with E-state index in [9.17, 15) is 0 Å². The van der Waals surface area contributed by atoms with E-state index in [1.807, 2.05) is 31.4 Å². The maximum Gasteiger partial charge on any atom is 0.0442 e. The van der Waals surface area contributed by atoms with E-state index in [2.05, 4.69) is 57.4 Å². The van der Waals surface area contributed by atoms with Crippen LogP contribution >= 0.6 is 81.9 Å². The highest BCUT2D eigenvalue weighted by atomic mass is 33.5. The van der Waals surface area contributed by atoms with Crippen LogP contribution in [0.3, 0.4) is 0 Å². The summed E-state index contributed by atoms with van der Waals surface area (Å²) < 4.78 is 0.292. The third-order valence-electron chi connectivity index (χ3n) is 3.56. The van der Waals surface area contributed by atoms with E-state index in [0.717, 1.165) is 17.9 Å². The molecule has 0 aromatic carbocycles. The van der Waals surface area contributed by atoms with Gasteiger partial charge in [0.15, 0.2) is 0 Å². The number of rotatable bonds is 10. The van der Waals surface area contributed by atoms with E-state index in [1.165, 1.54) is 56.5 Å². The van der Waals surface area contributed by atoms with Crippen molar-refractivity contribution >= 4 is 81.9 Å². The van der Waals surface area contributed by atoms with Crippen LogP contribution in [0.2, 0.25) is 0 Å². The van der Waals surface area contributed by atoms with Gasteiger partial charge in [-0.05, 0) is 27.8 Å². The van der Waals surface area contributed by atoms with Gasteiger partial charge in [0.05, 0.1) is 0 Å². The van der Waals surface area contributed by atoms with Gasteiger partial charge in [0.1, 0.15) is 0 Å². The standard InChI is InChI=1S/C10H22S2.C5H10S5/c1-2-3-4-5-6-7-8-9-10(11)12;6-1-5(2-7)3-8-10-9-4-5/h10-12H,2-9H2,1H3;6-7H,1-4H2. The summed E-state index contributed by atoms with van der Waals surface area (Å²) in [7, 11) is 5.76. The van der Waals surface area contributed by atoms with E-state index in [1.54, 1.807) is 0 Å². The third kappa shape index (κ3) is 13.7. The number of hydrogen-bond donors (Lipinski definition) is 4. The molecule has 0 nitrogen and oxygen atoms in total. The molecule has 1 aliphatic heterocycles. The zero-order valence-electron chi connectivity index (χ0n) is 13.6. The molecule has 0 radical (unpaired) electrons. The lowest BCUT2D eigenvalue weighted by molar-refractivity contribution is 0.520. The highest BCUT2D eigenvalue weighted by molar-refractivity contribution is 9.09. The Morgan fingerprint density at radius 3 is 1.77 bits per heavy atom. The molecule has 0 amide bonds. The fourth-order valence-corrected chi connectivity index (χ4v) is 8.58. The van der Waals surface area contributed by atoms with Gasteiger partial charge in [-0.1, -0.05) is 73.5 Å². The number of hydrogen-bond acceptors (Lipinski definition) is 7. The minimum Gasteiger partial charge on any atom is -0.179 e. The summed E-state index contributed by atoms with van der Waals surface area (Å²) in [6, 6.07) is 0. The van der Waals surface area contributed by atoms with Crippen LogP contribution in [-0.2, 0) is 0 Å². The molecular weight excluding hydrogens is 405 g/mol. The predicted molar refractivity (Wildman–Crippen MR) is 127 cm³/mol. The Labute approximate surface area is 172 Å². The monoisotopic (exact) mass is 436 g/mol. The summed E-state index contributed by atoms with van der Waals surface area (Å²) in [5, 5.41) is 0. The maximum atomic E-state index is 4.34. The topological polar surface area (TPSA) is 0 Å². The van der Waals surface area contributed by atoms with E-state index >= 15 is 0 Å². The van der Waals surface area contributed by atoms with Crippen LogP contribution in [0.25, 0.3) is 0 Å². The molecule has 0 saturated carbocycles. The molecule has 0 spiro atoms. The minimum absolute atomic E-state index is 0.292. The second-order valence-corrected chi connectivity index (χ2v) is 12.3. The van der Waals surface area contributed by atoms with Crippen LogP contribution in [0.4, 0.5) is 0 Å². The summed E-state index contributed by atoms with van der Waals surface area (Å²) in [4.78, 5) is 0. The number of thiol groups is 4. The van der Waals surface area contributed by atoms with Gasteiger partial charge in [-0.3, -0.25) is 0 Å². The van der Waals surface area contributed by atoms with Crippen molar-refractivity contribution in [3.63, 3.8) is 0 Å². The van der Waals surface area contributed by atoms with E-state index in [-0.39, 0.29) is 0 Å². The van der Waals surface area contributed by atoms with E-state index < -0.39 is 0 Å². The average Bonchev–Trinajstić information content (AvgIpc) is 2.55. The molecule has 0 aliphatic carbocycles. The third-order valence-corrected chi connectivity index (χ3v) is 10.1. The lowest BCUT2D eigenvalue weighted by atomic mass is 9.99. The second-order valence-electron chi connectivity index (χ2n) is 5.80. The molecule has 0 aromatic heterocycles. The molecule has 7 heteroatoms. The first-order valence-corrected chi connectivity index (χ1v) is 14.2. The van der Waals surface area contributed by atoms with Crippen molar-refractivity contribution < 1.29 is 0 Å². The first-order chi connectivity index (χ1) is 10.6. The smallest absolute Gasteiger partial charge is 0.0442 e. The van der Waals surface area contributed by atoms with Crippen molar-refractivity contribution in [2.24, 2.45) is 5.41 Å². The molecule has 1 aliphatic rings. The summed E-state index contributed by atoms with van der Waals surface area (Å²) in [5.74, 6) is 4.35. The minimum atomic E-state index is 0.292. The summed E-state index contributed by atoms with van der Waals surface area (Å²) in [6.07, 6.45) is 10.8. The maximum absolute atomic E-state index is 4.34. The lowest BCUT2D eigenvalue weighted by Crippen LogP contribution is -2.32. The van der Waals surface area contributed by atoms with Crippen molar-refractivity contribution in [3.05, 3.63) is 0 Å². The van der Waals surface area contributed by atoms with Gasteiger partial charge in [-0.15, -0.1) is 0 Å². The number of unbranched alkanes of at least 4 members (excludes halogenated alkanes) is 6. The van der Waals surface area contributed by atoms with Crippen LogP contribution in [0.15, 0.2) is 0 Å². The Morgan fingerprint density at radius 1 is 0.864 bits per heavy atom. The van der Waals surface area contributed by atoms with Gasteiger partial charge in [0.25, 0.3) is 0 Å². The molecule has 22 heavy (non-hydrogen) atoms. The summed E-state index contributed by atoms with van der Waals surface area (Å²) >= 11 is 17.1. The van der Waals surface area contributed by atoms with Crippen LogP contribution in [0.1, 0.15) is 58.3 Å². The second kappa shape index (κ2) is 16.9. The Kier molecular flexibility index (Phi) is 18.8. The van der Waals surface area contributed by atoms with Crippen molar-refractivity contribution in [1.82, 2.24) is 0 Å². The zero-order valence-corrected chi connectivity index (χ0v) is 19.6.